The molecular formula is C16H19ClN4O2. The van der Waals surface area contributed by atoms with E-state index in [-0.39, 0.29) is 18.1 Å². The molecule has 0 aliphatic heterocycles. The maximum Gasteiger partial charge on any atom is 0.222 e. The third-order valence-corrected chi connectivity index (χ3v) is 4.10. The summed E-state index contributed by atoms with van der Waals surface area (Å²) in [4.78, 5) is 8.24. The minimum Gasteiger partial charge on any atom is -0.452 e. The molecule has 6 nitrogen and oxygen atoms in total. The van der Waals surface area contributed by atoms with E-state index < -0.39 is 0 Å². The Labute approximate surface area is 139 Å². The molecule has 1 aliphatic carbocycles. The van der Waals surface area contributed by atoms with E-state index in [4.69, 9.17) is 22.1 Å². The molecule has 1 aliphatic rings. The summed E-state index contributed by atoms with van der Waals surface area (Å²) in [5.74, 6) is 1.90. The van der Waals surface area contributed by atoms with Crippen molar-refractivity contribution in [2.75, 3.05) is 11.1 Å². The summed E-state index contributed by atoms with van der Waals surface area (Å²) >= 11 is 5.88. The summed E-state index contributed by atoms with van der Waals surface area (Å²) in [6, 6.07) is 7.30. The first-order valence-electron chi connectivity index (χ1n) is 7.60. The van der Waals surface area contributed by atoms with E-state index in [1.165, 1.54) is 0 Å². The number of nitrogens with zero attached hydrogens (tertiary/aromatic N) is 2. The zero-order valence-corrected chi connectivity index (χ0v) is 13.3. The Kier molecular flexibility index (Phi) is 4.83. The van der Waals surface area contributed by atoms with Gasteiger partial charge in [0.15, 0.2) is 11.6 Å². The van der Waals surface area contributed by atoms with Crippen LogP contribution in [0.2, 0.25) is 5.02 Å². The van der Waals surface area contributed by atoms with Gasteiger partial charge in [-0.3, -0.25) is 0 Å². The van der Waals surface area contributed by atoms with Gasteiger partial charge in [-0.05, 0) is 49.9 Å². The normalized spacial score (nSPS) is 21.0. The van der Waals surface area contributed by atoms with Crippen molar-refractivity contribution >= 4 is 23.4 Å². The number of nitrogen functional groups attached to an aromatic ring is 1. The number of ether oxygens (including phenoxy) is 1. The highest BCUT2D eigenvalue weighted by atomic mass is 35.5. The van der Waals surface area contributed by atoms with E-state index in [1.54, 1.807) is 30.5 Å². The van der Waals surface area contributed by atoms with Gasteiger partial charge in [0.05, 0.1) is 12.3 Å². The number of aromatic nitrogens is 2. The van der Waals surface area contributed by atoms with E-state index >= 15 is 0 Å². The Morgan fingerprint density at radius 2 is 1.87 bits per heavy atom. The van der Waals surface area contributed by atoms with Crippen molar-refractivity contribution in [1.29, 1.82) is 0 Å². The van der Waals surface area contributed by atoms with Crippen LogP contribution in [0.5, 0.6) is 11.5 Å². The Hall–Kier alpha value is -2.05. The van der Waals surface area contributed by atoms with Crippen LogP contribution in [0.4, 0.5) is 11.8 Å². The van der Waals surface area contributed by atoms with E-state index in [0.717, 1.165) is 25.7 Å². The van der Waals surface area contributed by atoms with Gasteiger partial charge in [-0.25, -0.2) is 4.98 Å². The second-order valence-corrected chi connectivity index (χ2v) is 6.08. The largest absolute Gasteiger partial charge is 0.452 e. The van der Waals surface area contributed by atoms with Gasteiger partial charge in [0.2, 0.25) is 5.95 Å². The third kappa shape index (κ3) is 4.24. The van der Waals surface area contributed by atoms with Crippen LogP contribution in [-0.4, -0.2) is 27.2 Å². The van der Waals surface area contributed by atoms with Gasteiger partial charge in [0.1, 0.15) is 5.75 Å². The Bertz CT molecular complexity index is 658. The zero-order chi connectivity index (χ0) is 16.2. The fourth-order valence-electron chi connectivity index (χ4n) is 2.61. The summed E-state index contributed by atoms with van der Waals surface area (Å²) in [6.07, 6.45) is 4.68. The van der Waals surface area contributed by atoms with Crippen LogP contribution < -0.4 is 15.8 Å². The summed E-state index contributed by atoms with van der Waals surface area (Å²) in [7, 11) is 0. The van der Waals surface area contributed by atoms with Gasteiger partial charge < -0.3 is 20.9 Å². The maximum atomic E-state index is 9.60. The molecule has 1 saturated carbocycles. The molecule has 7 heteroatoms. The third-order valence-electron chi connectivity index (χ3n) is 3.85. The van der Waals surface area contributed by atoms with Crippen molar-refractivity contribution in [1.82, 2.24) is 9.97 Å². The highest BCUT2D eigenvalue weighted by molar-refractivity contribution is 6.30. The smallest absolute Gasteiger partial charge is 0.222 e. The van der Waals surface area contributed by atoms with E-state index in [1.807, 2.05) is 0 Å². The predicted octanol–water partition coefficient (Wildman–Crippen LogP) is 3.22. The number of aliphatic hydroxyl groups excluding tert-OH is 1. The van der Waals surface area contributed by atoms with Gasteiger partial charge in [-0.1, -0.05) is 11.6 Å². The molecule has 122 valence electrons. The van der Waals surface area contributed by atoms with E-state index in [2.05, 4.69) is 15.3 Å². The highest BCUT2D eigenvalue weighted by Crippen LogP contribution is 2.31. The van der Waals surface area contributed by atoms with Crippen molar-refractivity contribution in [3.63, 3.8) is 0 Å². The molecule has 0 spiro atoms. The molecule has 0 radical (unpaired) electrons. The topological polar surface area (TPSA) is 93.3 Å². The number of hydrogen-bond acceptors (Lipinski definition) is 6. The molecule has 23 heavy (non-hydrogen) atoms. The van der Waals surface area contributed by atoms with Gasteiger partial charge in [-0.2, -0.15) is 4.98 Å². The Balaban J connectivity index is 1.76. The van der Waals surface area contributed by atoms with E-state index in [0.29, 0.717) is 22.3 Å². The number of nitrogens with one attached hydrogen (secondary N) is 1. The van der Waals surface area contributed by atoms with Crippen LogP contribution in [0.3, 0.4) is 0 Å². The summed E-state index contributed by atoms with van der Waals surface area (Å²) in [6.45, 7) is 0. The average molecular weight is 335 g/mol. The van der Waals surface area contributed by atoms with Crippen LogP contribution in [0.1, 0.15) is 25.7 Å². The minimum absolute atomic E-state index is 0.187. The number of benzene rings is 1. The van der Waals surface area contributed by atoms with Gasteiger partial charge >= 0.3 is 0 Å². The lowest BCUT2D eigenvalue weighted by Crippen LogP contribution is -2.28. The molecule has 0 saturated heterocycles. The lowest BCUT2D eigenvalue weighted by molar-refractivity contribution is 0.126. The number of anilines is 2. The second-order valence-electron chi connectivity index (χ2n) is 5.65. The maximum absolute atomic E-state index is 9.60. The summed E-state index contributed by atoms with van der Waals surface area (Å²) in [5.41, 5.74) is 5.69. The molecular weight excluding hydrogens is 316 g/mol. The van der Waals surface area contributed by atoms with Crippen LogP contribution >= 0.6 is 11.6 Å². The first-order valence-corrected chi connectivity index (χ1v) is 7.98. The predicted molar refractivity (Wildman–Crippen MR) is 89.9 cm³/mol. The summed E-state index contributed by atoms with van der Waals surface area (Å²) in [5, 5.41) is 13.6. The van der Waals surface area contributed by atoms with Crippen LogP contribution in [0.25, 0.3) is 0 Å². The van der Waals surface area contributed by atoms with Gasteiger partial charge in [0, 0.05) is 11.1 Å². The standard InChI is InChI=1S/C16H19ClN4O2/c17-10-1-7-13(8-2-10)23-14-9-19-16(18)21-15(14)20-11-3-5-12(22)6-4-11/h1-2,7-9,11-12,22H,3-6H2,(H3,18,19,20,21)/t11-,12-. The Morgan fingerprint density at radius 3 is 2.57 bits per heavy atom. The molecule has 0 atom stereocenters. The number of aliphatic hydroxyl groups is 1. The SMILES string of the molecule is Nc1ncc(Oc2ccc(Cl)cc2)c(N[C@H]2CC[C@H](O)CC2)n1. The van der Waals surface area contributed by atoms with Crippen molar-refractivity contribution < 1.29 is 9.84 Å². The van der Waals surface area contributed by atoms with Gasteiger partial charge in [-0.15, -0.1) is 0 Å². The fraction of sp³-hybridized carbons (Fsp3) is 0.375. The van der Waals surface area contributed by atoms with Crippen molar-refractivity contribution in [2.45, 2.75) is 37.8 Å². The number of rotatable bonds is 4. The molecule has 4 N–H and O–H groups in total. The quantitative estimate of drug-likeness (QED) is 0.795. The number of nitrogens with two attached hydrogens (primary N) is 1. The van der Waals surface area contributed by atoms with Crippen molar-refractivity contribution in [3.8, 4) is 11.5 Å². The number of hydrogen-bond donors (Lipinski definition) is 3. The van der Waals surface area contributed by atoms with Crippen molar-refractivity contribution in [3.05, 3.63) is 35.5 Å². The van der Waals surface area contributed by atoms with Crippen molar-refractivity contribution in [2.24, 2.45) is 0 Å². The molecule has 2 aromatic rings. The summed E-state index contributed by atoms with van der Waals surface area (Å²) < 4.78 is 5.83. The van der Waals surface area contributed by atoms with Crippen LogP contribution in [0.15, 0.2) is 30.5 Å². The molecule has 0 bridgehead atoms. The van der Waals surface area contributed by atoms with Crippen LogP contribution in [-0.2, 0) is 0 Å². The molecule has 1 fully saturated rings. The fourth-order valence-corrected chi connectivity index (χ4v) is 2.73. The highest BCUT2D eigenvalue weighted by Gasteiger charge is 2.21. The molecule has 0 unspecified atom stereocenters. The first-order chi connectivity index (χ1) is 11.1. The van der Waals surface area contributed by atoms with Gasteiger partial charge in [0.25, 0.3) is 0 Å². The Morgan fingerprint density at radius 1 is 1.17 bits per heavy atom. The van der Waals surface area contributed by atoms with E-state index in [9.17, 15) is 5.11 Å². The molecule has 1 aromatic carbocycles. The zero-order valence-electron chi connectivity index (χ0n) is 12.6. The monoisotopic (exact) mass is 334 g/mol. The average Bonchev–Trinajstić information content (AvgIpc) is 2.54. The molecule has 1 heterocycles. The molecule has 0 amide bonds. The second kappa shape index (κ2) is 7.02. The lowest BCUT2D eigenvalue weighted by Gasteiger charge is -2.27. The molecule has 1 aromatic heterocycles. The number of halogens is 1. The first kappa shape index (κ1) is 15.8. The molecule has 3 rings (SSSR count). The minimum atomic E-state index is -0.201. The lowest BCUT2D eigenvalue weighted by atomic mass is 9.93. The van der Waals surface area contributed by atoms with Crippen LogP contribution in [0, 0.1) is 0 Å².